The van der Waals surface area contributed by atoms with Crippen molar-refractivity contribution in [2.45, 2.75) is 309 Å². The highest BCUT2D eigenvalue weighted by atomic mass is 16.6. The maximum Gasteiger partial charge on any atom is 0.306 e. The van der Waals surface area contributed by atoms with Gasteiger partial charge in [-0.1, -0.05) is 262 Å². The minimum atomic E-state index is -0.545. The minimum absolute atomic E-state index is 0.0797. The Morgan fingerprint density at radius 1 is 0.348 bits per heavy atom. The van der Waals surface area contributed by atoms with E-state index in [0.29, 0.717) is 19.4 Å². The summed E-state index contributed by atoms with van der Waals surface area (Å²) in [6.45, 7) is 7.75. The number of unbranched alkanes of at least 4 members (excludes halogenated alkanes) is 35. The minimum Gasteiger partial charge on any atom is -0.462 e. The van der Waals surface area contributed by atoms with Gasteiger partial charge in [0.15, 0.2) is 6.10 Å². The van der Waals surface area contributed by atoms with E-state index < -0.39 is 6.10 Å². The molecule has 5 heteroatoms. The molecule has 0 aliphatic heterocycles. The van der Waals surface area contributed by atoms with E-state index >= 15 is 0 Å². The normalized spacial score (nSPS) is 12.5. The lowest BCUT2D eigenvalue weighted by atomic mass is 10.0. The Bertz CT molecular complexity index is 1090. The second-order valence-electron chi connectivity index (χ2n) is 19.5. The number of carbonyl (C=O) groups is 2. The van der Waals surface area contributed by atoms with Crippen LogP contribution in [0.2, 0.25) is 0 Å². The first-order chi connectivity index (χ1) is 32.6. The third-order valence-corrected chi connectivity index (χ3v) is 12.8. The molecule has 0 rings (SSSR count). The van der Waals surface area contributed by atoms with Gasteiger partial charge < -0.3 is 14.2 Å². The van der Waals surface area contributed by atoms with Crippen LogP contribution in [0.5, 0.6) is 0 Å². The Morgan fingerprint density at radius 3 is 1.11 bits per heavy atom. The fourth-order valence-electron chi connectivity index (χ4n) is 8.52. The van der Waals surface area contributed by atoms with E-state index in [1.807, 2.05) is 0 Å². The Balaban J connectivity index is 4.26. The smallest absolute Gasteiger partial charge is 0.306 e. The fraction of sp³-hybridized carbons (Fsp3) is 0.836. The average molecular weight is 926 g/mol. The zero-order valence-corrected chi connectivity index (χ0v) is 44.5. The Hall–Kier alpha value is -2.14. The van der Waals surface area contributed by atoms with Gasteiger partial charge in [-0.05, 0) is 77.0 Å². The van der Waals surface area contributed by atoms with Crippen molar-refractivity contribution in [3.05, 3.63) is 48.6 Å². The quantitative estimate of drug-likeness (QED) is 0.0345. The molecule has 0 aliphatic rings. The van der Waals surface area contributed by atoms with Gasteiger partial charge in [0.25, 0.3) is 0 Å². The average Bonchev–Trinajstić information content (AvgIpc) is 3.32. The molecule has 0 aliphatic carbocycles. The molecule has 5 nitrogen and oxygen atoms in total. The fourth-order valence-corrected chi connectivity index (χ4v) is 8.52. The SMILES string of the molecule is CC/C=C\C/C=C\C/C=C\CCCCCCCC(=O)OC(COCCCCCCCCCCCCCCCCCCCC)COC(=O)CCCCCCCCC/C=C\CCCCCCCC. The second-order valence-corrected chi connectivity index (χ2v) is 19.5. The first kappa shape index (κ1) is 63.9. The van der Waals surface area contributed by atoms with E-state index in [1.54, 1.807) is 0 Å². The molecule has 0 spiro atoms. The monoisotopic (exact) mass is 925 g/mol. The van der Waals surface area contributed by atoms with Gasteiger partial charge >= 0.3 is 11.9 Å². The first-order valence-corrected chi connectivity index (χ1v) is 29.2. The maximum absolute atomic E-state index is 12.8. The molecular formula is C61H112O5. The summed E-state index contributed by atoms with van der Waals surface area (Å²) in [6, 6.07) is 0. The van der Waals surface area contributed by atoms with Crippen LogP contribution in [0.15, 0.2) is 48.6 Å². The summed E-state index contributed by atoms with van der Waals surface area (Å²) < 4.78 is 17.5. The van der Waals surface area contributed by atoms with Crippen LogP contribution in [0.1, 0.15) is 303 Å². The Kier molecular flexibility index (Phi) is 55.3. The van der Waals surface area contributed by atoms with Crippen LogP contribution in [0, 0.1) is 0 Å². The van der Waals surface area contributed by atoms with Gasteiger partial charge in [0.05, 0.1) is 6.61 Å². The molecule has 0 amide bonds. The van der Waals surface area contributed by atoms with Crippen LogP contribution < -0.4 is 0 Å². The molecule has 0 fully saturated rings. The van der Waals surface area contributed by atoms with Crippen molar-refractivity contribution >= 4 is 11.9 Å². The number of hydrogen-bond acceptors (Lipinski definition) is 5. The number of allylic oxidation sites excluding steroid dienone is 8. The summed E-state index contributed by atoms with van der Waals surface area (Å²) in [4.78, 5) is 25.5. The lowest BCUT2D eigenvalue weighted by Crippen LogP contribution is -2.30. The van der Waals surface area contributed by atoms with Crippen molar-refractivity contribution < 1.29 is 23.8 Å². The van der Waals surface area contributed by atoms with Crippen LogP contribution in [-0.2, 0) is 23.8 Å². The zero-order chi connectivity index (χ0) is 47.7. The number of hydrogen-bond donors (Lipinski definition) is 0. The van der Waals surface area contributed by atoms with Crippen molar-refractivity contribution in [2.75, 3.05) is 19.8 Å². The van der Waals surface area contributed by atoms with Gasteiger partial charge in [0, 0.05) is 19.4 Å². The van der Waals surface area contributed by atoms with Gasteiger partial charge in [-0.3, -0.25) is 9.59 Å². The van der Waals surface area contributed by atoms with Crippen LogP contribution in [0.3, 0.4) is 0 Å². The van der Waals surface area contributed by atoms with Crippen LogP contribution in [-0.4, -0.2) is 37.9 Å². The topological polar surface area (TPSA) is 61.8 Å². The summed E-state index contributed by atoms with van der Waals surface area (Å²) >= 11 is 0. The molecule has 0 radical (unpaired) electrons. The molecule has 0 saturated heterocycles. The molecule has 0 heterocycles. The van der Waals surface area contributed by atoms with Crippen molar-refractivity contribution in [2.24, 2.45) is 0 Å². The molecule has 0 N–H and O–H groups in total. The summed E-state index contributed by atoms with van der Waals surface area (Å²) in [7, 11) is 0. The van der Waals surface area contributed by atoms with Crippen molar-refractivity contribution in [1.82, 2.24) is 0 Å². The van der Waals surface area contributed by atoms with Crippen molar-refractivity contribution in [3.63, 3.8) is 0 Å². The van der Waals surface area contributed by atoms with E-state index in [1.165, 1.54) is 205 Å². The highest BCUT2D eigenvalue weighted by Crippen LogP contribution is 2.16. The summed E-state index contributed by atoms with van der Waals surface area (Å²) in [5.74, 6) is -0.406. The highest BCUT2D eigenvalue weighted by Gasteiger charge is 2.17. The van der Waals surface area contributed by atoms with E-state index in [4.69, 9.17) is 14.2 Å². The molecule has 0 aromatic rings. The van der Waals surface area contributed by atoms with Crippen molar-refractivity contribution in [3.8, 4) is 0 Å². The molecule has 0 aromatic carbocycles. The highest BCUT2D eigenvalue weighted by molar-refractivity contribution is 5.70. The third kappa shape index (κ3) is 54.5. The van der Waals surface area contributed by atoms with Gasteiger partial charge in [-0.2, -0.15) is 0 Å². The summed E-state index contributed by atoms with van der Waals surface area (Å²) in [5.41, 5.74) is 0. The maximum atomic E-state index is 12.8. The van der Waals surface area contributed by atoms with Crippen LogP contribution in [0.4, 0.5) is 0 Å². The molecule has 0 saturated carbocycles. The summed E-state index contributed by atoms with van der Waals surface area (Å²) in [6.07, 6.45) is 71.3. The van der Waals surface area contributed by atoms with E-state index in [-0.39, 0.29) is 25.2 Å². The summed E-state index contributed by atoms with van der Waals surface area (Å²) in [5, 5.41) is 0. The van der Waals surface area contributed by atoms with Crippen LogP contribution >= 0.6 is 0 Å². The molecule has 386 valence electrons. The van der Waals surface area contributed by atoms with Crippen molar-refractivity contribution in [1.29, 1.82) is 0 Å². The Labute approximate surface area is 412 Å². The lowest BCUT2D eigenvalue weighted by Gasteiger charge is -2.18. The number of esters is 2. The van der Waals surface area contributed by atoms with E-state index in [9.17, 15) is 9.59 Å². The number of carbonyl (C=O) groups excluding carboxylic acids is 2. The predicted molar refractivity (Wildman–Crippen MR) is 288 cm³/mol. The molecule has 1 unspecified atom stereocenters. The van der Waals surface area contributed by atoms with Gasteiger partial charge in [0.1, 0.15) is 6.61 Å². The standard InChI is InChI=1S/C61H112O5/c1-4-7-10-13-16-19-22-25-28-30-32-35-38-41-44-47-50-53-56-64-57-59(66-61(63)55-52-49-46-43-40-37-33-27-24-21-18-15-12-9-6-3)58-65-60(62)54-51-48-45-42-39-36-34-31-29-26-23-20-17-14-11-8-5-2/h9,12,18,21,26-27,29,33,59H,4-8,10-11,13-17,19-20,22-25,28,30-32,34-58H2,1-3H3/b12-9-,21-18-,29-26-,33-27-. The Morgan fingerprint density at radius 2 is 0.682 bits per heavy atom. The van der Waals surface area contributed by atoms with Gasteiger partial charge in [0.2, 0.25) is 0 Å². The second kappa shape index (κ2) is 57.2. The molecular weight excluding hydrogens is 813 g/mol. The molecule has 0 aromatic heterocycles. The number of ether oxygens (including phenoxy) is 3. The van der Waals surface area contributed by atoms with E-state index in [0.717, 1.165) is 64.2 Å². The predicted octanol–water partition coefficient (Wildman–Crippen LogP) is 19.9. The molecule has 0 bridgehead atoms. The zero-order valence-electron chi connectivity index (χ0n) is 44.5. The lowest BCUT2D eigenvalue weighted by molar-refractivity contribution is -0.163. The first-order valence-electron chi connectivity index (χ1n) is 29.2. The van der Waals surface area contributed by atoms with Gasteiger partial charge in [-0.15, -0.1) is 0 Å². The third-order valence-electron chi connectivity index (χ3n) is 12.8. The molecule has 66 heavy (non-hydrogen) atoms. The van der Waals surface area contributed by atoms with Crippen LogP contribution in [0.25, 0.3) is 0 Å². The molecule has 1 atom stereocenters. The van der Waals surface area contributed by atoms with E-state index in [2.05, 4.69) is 69.4 Å². The largest absolute Gasteiger partial charge is 0.462 e. The number of rotatable bonds is 54. The van der Waals surface area contributed by atoms with Gasteiger partial charge in [-0.25, -0.2) is 0 Å².